The number of piperidine rings is 1. The first kappa shape index (κ1) is 19.8. The van der Waals surface area contributed by atoms with Crippen LogP contribution in [-0.4, -0.2) is 34.8 Å². The van der Waals surface area contributed by atoms with E-state index in [1.807, 2.05) is 36.3 Å². The van der Waals surface area contributed by atoms with Gasteiger partial charge in [-0.15, -0.1) is 11.3 Å². The van der Waals surface area contributed by atoms with Crippen LogP contribution in [0.25, 0.3) is 0 Å². The highest BCUT2D eigenvalue weighted by molar-refractivity contribution is 7.09. The third-order valence-electron chi connectivity index (χ3n) is 4.70. The van der Waals surface area contributed by atoms with E-state index in [2.05, 4.69) is 10.3 Å². The van der Waals surface area contributed by atoms with Crippen LogP contribution in [0.2, 0.25) is 5.02 Å². The number of carbonyl (C=O) groups is 2. The smallest absolute Gasteiger partial charge is 0.255 e. The summed E-state index contributed by atoms with van der Waals surface area (Å²) in [6, 6.07) is 7.17. The maximum Gasteiger partial charge on any atom is 0.255 e. The van der Waals surface area contributed by atoms with Crippen molar-refractivity contribution in [1.82, 2.24) is 15.2 Å². The summed E-state index contributed by atoms with van der Waals surface area (Å²) in [6.45, 7) is 5.57. The summed E-state index contributed by atoms with van der Waals surface area (Å²) in [5.74, 6) is 0.195. The average molecular weight is 406 g/mol. The number of thiazole rings is 1. The van der Waals surface area contributed by atoms with Gasteiger partial charge in [0.15, 0.2) is 0 Å². The molecule has 5 nitrogen and oxygen atoms in total. The molecule has 1 aliphatic rings. The zero-order valence-electron chi connectivity index (χ0n) is 15.6. The van der Waals surface area contributed by atoms with Gasteiger partial charge in [0.05, 0.1) is 27.8 Å². The first-order valence-corrected chi connectivity index (χ1v) is 10.5. The Balaban J connectivity index is 1.64. The van der Waals surface area contributed by atoms with Crippen molar-refractivity contribution >= 4 is 34.8 Å². The number of benzene rings is 1. The van der Waals surface area contributed by atoms with Crippen LogP contribution in [0.4, 0.5) is 0 Å². The van der Waals surface area contributed by atoms with Crippen LogP contribution >= 0.6 is 22.9 Å². The molecule has 1 atom stereocenters. The van der Waals surface area contributed by atoms with Crippen molar-refractivity contribution in [3.63, 3.8) is 0 Å². The molecule has 1 aliphatic heterocycles. The highest BCUT2D eigenvalue weighted by atomic mass is 35.5. The van der Waals surface area contributed by atoms with Gasteiger partial charge < -0.3 is 10.2 Å². The van der Waals surface area contributed by atoms with Crippen LogP contribution in [0, 0.1) is 5.92 Å². The molecule has 27 heavy (non-hydrogen) atoms. The van der Waals surface area contributed by atoms with Crippen LogP contribution in [0.5, 0.6) is 0 Å². The normalized spacial score (nSPS) is 17.2. The number of hydrogen-bond donors (Lipinski definition) is 1. The first-order valence-electron chi connectivity index (χ1n) is 9.21. The lowest BCUT2D eigenvalue weighted by atomic mass is 9.98. The molecule has 0 bridgehead atoms. The lowest BCUT2D eigenvalue weighted by Crippen LogP contribution is -2.39. The van der Waals surface area contributed by atoms with E-state index >= 15 is 0 Å². The van der Waals surface area contributed by atoms with Crippen LogP contribution in [0.1, 0.15) is 53.7 Å². The summed E-state index contributed by atoms with van der Waals surface area (Å²) >= 11 is 7.79. The topological polar surface area (TPSA) is 62.3 Å². The number of amides is 2. The predicted molar refractivity (Wildman–Crippen MR) is 108 cm³/mol. The minimum Gasteiger partial charge on any atom is -0.350 e. The second kappa shape index (κ2) is 8.85. The Kier molecular flexibility index (Phi) is 6.50. The number of halogens is 1. The van der Waals surface area contributed by atoms with Crippen LogP contribution < -0.4 is 5.32 Å². The van der Waals surface area contributed by atoms with Crippen molar-refractivity contribution in [2.24, 2.45) is 5.92 Å². The van der Waals surface area contributed by atoms with Gasteiger partial charge >= 0.3 is 0 Å². The molecular weight excluding hydrogens is 382 g/mol. The number of nitrogens with zero attached hydrogens (tertiary/aromatic N) is 2. The number of rotatable bonds is 5. The van der Waals surface area contributed by atoms with Crippen LogP contribution in [-0.2, 0) is 11.3 Å². The third kappa shape index (κ3) is 4.87. The fraction of sp³-hybridized carbons (Fsp3) is 0.450. The minimum absolute atomic E-state index is 0.0220. The van der Waals surface area contributed by atoms with Crippen molar-refractivity contribution in [2.45, 2.75) is 39.2 Å². The van der Waals surface area contributed by atoms with Gasteiger partial charge in [0.25, 0.3) is 5.91 Å². The molecule has 0 saturated carbocycles. The van der Waals surface area contributed by atoms with E-state index < -0.39 is 0 Å². The van der Waals surface area contributed by atoms with Gasteiger partial charge in [-0.2, -0.15) is 0 Å². The molecule has 0 unspecified atom stereocenters. The Bertz CT molecular complexity index is 821. The number of likely N-dealkylation sites (tertiary alicyclic amines) is 1. The molecule has 0 aliphatic carbocycles. The molecule has 2 heterocycles. The maximum absolute atomic E-state index is 12.8. The van der Waals surface area contributed by atoms with Gasteiger partial charge in [-0.1, -0.05) is 37.6 Å². The molecule has 144 valence electrons. The lowest BCUT2D eigenvalue weighted by molar-refractivity contribution is -0.124. The summed E-state index contributed by atoms with van der Waals surface area (Å²) in [5.41, 5.74) is 1.43. The Morgan fingerprint density at radius 2 is 2.15 bits per heavy atom. The van der Waals surface area contributed by atoms with Gasteiger partial charge in [-0.25, -0.2) is 4.98 Å². The summed E-state index contributed by atoms with van der Waals surface area (Å²) < 4.78 is 0. The average Bonchev–Trinajstić information content (AvgIpc) is 3.15. The van der Waals surface area contributed by atoms with E-state index in [9.17, 15) is 9.59 Å². The quantitative estimate of drug-likeness (QED) is 0.814. The fourth-order valence-corrected chi connectivity index (χ4v) is 4.31. The van der Waals surface area contributed by atoms with Gasteiger partial charge in [0, 0.05) is 30.3 Å². The molecule has 3 rings (SSSR count). The molecule has 1 fully saturated rings. The molecule has 0 spiro atoms. The predicted octanol–water partition coefficient (Wildman–Crippen LogP) is 4.09. The Labute approximate surface area is 168 Å². The van der Waals surface area contributed by atoms with Gasteiger partial charge in [0.2, 0.25) is 5.91 Å². The van der Waals surface area contributed by atoms with E-state index in [1.54, 1.807) is 23.5 Å². The Hall–Kier alpha value is -1.92. The molecule has 1 aromatic carbocycles. The number of carbonyl (C=O) groups excluding carboxylic acids is 2. The van der Waals surface area contributed by atoms with Crippen LogP contribution in [0.3, 0.4) is 0 Å². The molecule has 1 aromatic heterocycles. The molecule has 2 aromatic rings. The van der Waals surface area contributed by atoms with Gasteiger partial charge in [-0.05, 0) is 25.0 Å². The maximum atomic E-state index is 12.8. The number of hydrogen-bond acceptors (Lipinski definition) is 4. The second-order valence-corrected chi connectivity index (χ2v) is 8.42. The molecule has 7 heteroatoms. The molecule has 1 N–H and O–H groups in total. The van der Waals surface area contributed by atoms with E-state index in [4.69, 9.17) is 11.6 Å². The van der Waals surface area contributed by atoms with Gasteiger partial charge in [-0.3, -0.25) is 9.59 Å². The van der Waals surface area contributed by atoms with Crippen molar-refractivity contribution in [3.8, 4) is 0 Å². The minimum atomic E-state index is -0.0363. The zero-order valence-corrected chi connectivity index (χ0v) is 17.1. The van der Waals surface area contributed by atoms with Crippen molar-refractivity contribution < 1.29 is 9.59 Å². The molecule has 0 radical (unpaired) electrons. The summed E-state index contributed by atoms with van der Waals surface area (Å²) in [6.07, 6.45) is 1.96. The van der Waals surface area contributed by atoms with E-state index in [-0.39, 0.29) is 23.7 Å². The highest BCUT2D eigenvalue weighted by Gasteiger charge is 2.28. The zero-order chi connectivity index (χ0) is 19.4. The van der Waals surface area contributed by atoms with Crippen molar-refractivity contribution in [1.29, 1.82) is 0 Å². The van der Waals surface area contributed by atoms with Crippen molar-refractivity contribution in [2.75, 3.05) is 13.1 Å². The second-order valence-electron chi connectivity index (χ2n) is 7.12. The fourth-order valence-electron chi connectivity index (χ4n) is 3.14. The Morgan fingerprint density at radius 3 is 2.89 bits per heavy atom. The largest absolute Gasteiger partial charge is 0.350 e. The van der Waals surface area contributed by atoms with Crippen molar-refractivity contribution in [3.05, 3.63) is 50.9 Å². The Morgan fingerprint density at radius 1 is 1.37 bits per heavy atom. The number of nitrogens with one attached hydrogen (secondary N) is 1. The number of aromatic nitrogens is 1. The molecular formula is C20H24ClN3O2S. The lowest BCUT2D eigenvalue weighted by Gasteiger charge is -2.32. The highest BCUT2D eigenvalue weighted by Crippen LogP contribution is 2.30. The third-order valence-corrected chi connectivity index (χ3v) is 6.09. The van der Waals surface area contributed by atoms with Gasteiger partial charge in [0.1, 0.15) is 0 Å². The van der Waals surface area contributed by atoms with E-state index in [0.717, 1.165) is 30.1 Å². The summed E-state index contributed by atoms with van der Waals surface area (Å²) in [5, 5.41) is 6.40. The SMILES string of the molecule is CC(C)C(=O)NCc1csc([C@H]2CCCN(C(=O)c3ccccc3Cl)C2)n1. The van der Waals surface area contributed by atoms with E-state index in [0.29, 0.717) is 23.7 Å². The summed E-state index contributed by atoms with van der Waals surface area (Å²) in [7, 11) is 0. The summed E-state index contributed by atoms with van der Waals surface area (Å²) in [4.78, 5) is 31.1. The molecule has 1 saturated heterocycles. The monoisotopic (exact) mass is 405 g/mol. The van der Waals surface area contributed by atoms with E-state index in [1.165, 1.54) is 0 Å². The molecule has 2 amide bonds. The standard InChI is InChI=1S/C20H24ClN3O2S/c1-13(2)18(25)22-10-15-12-27-19(23-15)14-6-5-9-24(11-14)20(26)16-7-3-4-8-17(16)21/h3-4,7-8,12-14H,5-6,9-11H2,1-2H3,(H,22,25)/t14-/m0/s1. The van der Waals surface area contributed by atoms with Crippen LogP contribution in [0.15, 0.2) is 29.6 Å². The first-order chi connectivity index (χ1) is 13.0.